The molecule has 120 valence electrons. The van der Waals surface area contributed by atoms with Crippen LogP contribution in [0.4, 0.5) is 5.82 Å². The molecule has 0 fully saturated rings. The van der Waals surface area contributed by atoms with Crippen LogP contribution in [0.3, 0.4) is 0 Å². The van der Waals surface area contributed by atoms with Gasteiger partial charge in [0.15, 0.2) is 5.78 Å². The summed E-state index contributed by atoms with van der Waals surface area (Å²) >= 11 is 11.6. The largest absolute Gasteiger partial charge is 0.295 e. The highest BCUT2D eigenvalue weighted by Gasteiger charge is 2.22. The van der Waals surface area contributed by atoms with Crippen LogP contribution < -0.4 is 4.90 Å². The SMILES string of the molecule is CCN(C(=O)CCl)c1nc(C)ccc1C(=O)c1cccc(Cl)c1. The van der Waals surface area contributed by atoms with Crippen molar-refractivity contribution in [3.8, 4) is 0 Å². The summed E-state index contributed by atoms with van der Waals surface area (Å²) in [6.45, 7) is 3.98. The number of anilines is 1. The van der Waals surface area contributed by atoms with Crippen LogP contribution in [0.1, 0.15) is 28.5 Å². The Morgan fingerprint density at radius 1 is 1.22 bits per heavy atom. The number of hydrogen-bond acceptors (Lipinski definition) is 3. The Hall–Kier alpha value is -1.91. The number of benzene rings is 1. The van der Waals surface area contributed by atoms with Crippen LogP contribution in [0.5, 0.6) is 0 Å². The van der Waals surface area contributed by atoms with Crippen LogP contribution >= 0.6 is 23.2 Å². The second kappa shape index (κ2) is 7.57. The van der Waals surface area contributed by atoms with Gasteiger partial charge in [-0.3, -0.25) is 14.5 Å². The van der Waals surface area contributed by atoms with E-state index in [1.165, 1.54) is 4.90 Å². The Balaban J connectivity index is 2.54. The minimum Gasteiger partial charge on any atom is -0.295 e. The van der Waals surface area contributed by atoms with E-state index < -0.39 is 0 Å². The van der Waals surface area contributed by atoms with Crippen molar-refractivity contribution in [2.24, 2.45) is 0 Å². The van der Waals surface area contributed by atoms with Crippen molar-refractivity contribution < 1.29 is 9.59 Å². The number of halogens is 2. The van der Waals surface area contributed by atoms with E-state index >= 15 is 0 Å². The Bertz CT molecular complexity index is 747. The number of nitrogens with zero attached hydrogens (tertiary/aromatic N) is 2. The van der Waals surface area contributed by atoms with E-state index in [1.807, 2.05) is 6.92 Å². The molecular weight excluding hydrogens is 335 g/mol. The summed E-state index contributed by atoms with van der Waals surface area (Å²) in [5.74, 6) is -0.389. The van der Waals surface area contributed by atoms with Crippen LogP contribution in [-0.2, 0) is 4.79 Å². The summed E-state index contributed by atoms with van der Waals surface area (Å²) in [5.41, 5.74) is 1.50. The maximum Gasteiger partial charge on any atom is 0.243 e. The monoisotopic (exact) mass is 350 g/mol. The van der Waals surface area contributed by atoms with Crippen LogP contribution in [-0.4, -0.2) is 29.1 Å². The normalized spacial score (nSPS) is 10.4. The lowest BCUT2D eigenvalue weighted by Crippen LogP contribution is -2.34. The summed E-state index contributed by atoms with van der Waals surface area (Å²) < 4.78 is 0. The molecule has 1 aromatic carbocycles. The lowest BCUT2D eigenvalue weighted by atomic mass is 10.0. The van der Waals surface area contributed by atoms with Gasteiger partial charge in [-0.25, -0.2) is 4.98 Å². The molecule has 0 unspecified atom stereocenters. The molecule has 0 aliphatic carbocycles. The number of alkyl halides is 1. The molecule has 6 heteroatoms. The predicted molar refractivity (Wildman–Crippen MR) is 92.6 cm³/mol. The number of carbonyl (C=O) groups excluding carboxylic acids is 2. The molecule has 23 heavy (non-hydrogen) atoms. The van der Waals surface area contributed by atoms with E-state index in [2.05, 4.69) is 4.98 Å². The van der Waals surface area contributed by atoms with Crippen molar-refractivity contribution in [3.05, 3.63) is 58.2 Å². The summed E-state index contributed by atoms with van der Waals surface area (Å²) in [7, 11) is 0. The smallest absolute Gasteiger partial charge is 0.243 e. The molecule has 1 aromatic heterocycles. The Morgan fingerprint density at radius 2 is 1.96 bits per heavy atom. The van der Waals surface area contributed by atoms with E-state index in [1.54, 1.807) is 43.3 Å². The number of aromatic nitrogens is 1. The molecule has 0 saturated heterocycles. The number of aryl methyl sites for hydroxylation is 1. The Labute approximate surface area is 145 Å². The Kier molecular flexibility index (Phi) is 5.74. The fraction of sp³-hybridized carbons (Fsp3) is 0.235. The molecule has 0 spiro atoms. The maximum atomic E-state index is 12.8. The van der Waals surface area contributed by atoms with Gasteiger partial charge in [0.2, 0.25) is 5.91 Å². The van der Waals surface area contributed by atoms with E-state index in [0.717, 1.165) is 0 Å². The van der Waals surface area contributed by atoms with Gasteiger partial charge in [0.1, 0.15) is 11.7 Å². The van der Waals surface area contributed by atoms with Crippen molar-refractivity contribution >= 4 is 40.7 Å². The lowest BCUT2D eigenvalue weighted by Gasteiger charge is -2.21. The summed E-state index contributed by atoms with van der Waals surface area (Å²) in [4.78, 5) is 30.6. The van der Waals surface area contributed by atoms with Crippen LogP contribution in [0.2, 0.25) is 5.02 Å². The summed E-state index contributed by atoms with van der Waals surface area (Å²) in [6, 6.07) is 10.1. The molecule has 0 atom stereocenters. The second-order valence-corrected chi connectivity index (χ2v) is 5.64. The van der Waals surface area contributed by atoms with Crippen LogP contribution in [0.15, 0.2) is 36.4 Å². The number of rotatable bonds is 5. The van der Waals surface area contributed by atoms with Gasteiger partial charge in [-0.15, -0.1) is 11.6 Å². The van der Waals surface area contributed by atoms with Crippen molar-refractivity contribution in [3.63, 3.8) is 0 Å². The molecule has 0 N–H and O–H groups in total. The Morgan fingerprint density at radius 3 is 2.57 bits per heavy atom. The van der Waals surface area contributed by atoms with Gasteiger partial charge in [0.05, 0.1) is 5.56 Å². The number of ketones is 1. The average molecular weight is 351 g/mol. The molecular formula is C17H16Cl2N2O2. The van der Waals surface area contributed by atoms with Gasteiger partial charge in [0, 0.05) is 22.8 Å². The van der Waals surface area contributed by atoms with Crippen molar-refractivity contribution in [1.29, 1.82) is 0 Å². The lowest BCUT2D eigenvalue weighted by molar-refractivity contribution is -0.116. The highest BCUT2D eigenvalue weighted by Crippen LogP contribution is 2.23. The van der Waals surface area contributed by atoms with Gasteiger partial charge in [-0.1, -0.05) is 23.7 Å². The van der Waals surface area contributed by atoms with Gasteiger partial charge in [0.25, 0.3) is 0 Å². The molecule has 1 amide bonds. The van der Waals surface area contributed by atoms with Crippen molar-refractivity contribution in [2.45, 2.75) is 13.8 Å². The number of hydrogen-bond donors (Lipinski definition) is 0. The van der Waals surface area contributed by atoms with Gasteiger partial charge in [-0.2, -0.15) is 0 Å². The third-order valence-electron chi connectivity index (χ3n) is 3.33. The van der Waals surface area contributed by atoms with Gasteiger partial charge < -0.3 is 0 Å². The first-order valence-electron chi connectivity index (χ1n) is 7.12. The van der Waals surface area contributed by atoms with Crippen molar-refractivity contribution in [2.75, 3.05) is 17.3 Å². The minimum absolute atomic E-state index is 0.172. The van der Waals surface area contributed by atoms with E-state index in [9.17, 15) is 9.59 Å². The summed E-state index contributed by atoms with van der Waals surface area (Å²) in [6.07, 6.45) is 0. The molecule has 2 aromatic rings. The van der Waals surface area contributed by atoms with E-state index in [0.29, 0.717) is 34.2 Å². The van der Waals surface area contributed by atoms with Crippen LogP contribution in [0.25, 0.3) is 0 Å². The first-order chi connectivity index (χ1) is 11.0. The quantitative estimate of drug-likeness (QED) is 0.607. The molecule has 1 heterocycles. The predicted octanol–water partition coefficient (Wildman–Crippen LogP) is 3.87. The zero-order chi connectivity index (χ0) is 17.0. The molecule has 0 aliphatic heterocycles. The topological polar surface area (TPSA) is 50.3 Å². The maximum absolute atomic E-state index is 12.8. The number of amides is 1. The first-order valence-corrected chi connectivity index (χ1v) is 8.03. The second-order valence-electron chi connectivity index (χ2n) is 4.93. The summed E-state index contributed by atoms with van der Waals surface area (Å²) in [5, 5.41) is 0.474. The number of pyridine rings is 1. The van der Waals surface area contributed by atoms with E-state index in [-0.39, 0.29) is 17.6 Å². The first kappa shape index (κ1) is 17.4. The highest BCUT2D eigenvalue weighted by molar-refractivity contribution is 6.31. The van der Waals surface area contributed by atoms with E-state index in [4.69, 9.17) is 23.2 Å². The van der Waals surface area contributed by atoms with Crippen molar-refractivity contribution in [1.82, 2.24) is 4.98 Å². The third-order valence-corrected chi connectivity index (χ3v) is 3.80. The van der Waals surface area contributed by atoms with Gasteiger partial charge >= 0.3 is 0 Å². The molecule has 2 rings (SSSR count). The van der Waals surface area contributed by atoms with Gasteiger partial charge in [-0.05, 0) is 38.1 Å². The fourth-order valence-electron chi connectivity index (χ4n) is 2.23. The standard InChI is InChI=1S/C17H16Cl2N2O2/c1-3-21(15(22)10-18)17-14(8-7-11(2)20-17)16(23)12-5-4-6-13(19)9-12/h4-9H,3,10H2,1-2H3. The molecule has 0 saturated carbocycles. The molecule has 4 nitrogen and oxygen atoms in total. The molecule has 0 aliphatic rings. The number of carbonyl (C=O) groups is 2. The zero-order valence-electron chi connectivity index (χ0n) is 12.8. The molecule has 0 radical (unpaired) electrons. The van der Waals surface area contributed by atoms with Crippen LogP contribution in [0, 0.1) is 6.92 Å². The minimum atomic E-state index is -0.299. The average Bonchev–Trinajstić information content (AvgIpc) is 2.55. The highest BCUT2D eigenvalue weighted by atomic mass is 35.5. The molecule has 0 bridgehead atoms. The third kappa shape index (κ3) is 3.89. The zero-order valence-corrected chi connectivity index (χ0v) is 14.4. The fourth-order valence-corrected chi connectivity index (χ4v) is 2.56.